The number of hydrogen-bond donors (Lipinski definition) is 2. The van der Waals surface area contributed by atoms with Crippen molar-refractivity contribution in [3.63, 3.8) is 0 Å². The molecular weight excluding hydrogens is 812 g/mol. The SMILES string of the molecule is Cc1ccc(C(F)(F)F)c(C(=O)N2CC[C@@H](Nc3nc4c(F)cccc4s3)C2)c1.Cc1noc(-c2ccccc2C(=O)N2CC[C@@H](Nc3nc4c(F)cccc4s3)C2)n1. The molecule has 2 fully saturated rings. The van der Waals surface area contributed by atoms with Gasteiger partial charge in [-0.25, -0.2) is 18.7 Å². The number of halogens is 5. The average molecular weight is 847 g/mol. The van der Waals surface area contributed by atoms with Crippen LogP contribution in [0.3, 0.4) is 0 Å². The van der Waals surface area contributed by atoms with Crippen molar-refractivity contribution in [3.05, 3.63) is 119 Å². The van der Waals surface area contributed by atoms with E-state index < -0.39 is 23.5 Å². The quantitative estimate of drug-likeness (QED) is 0.151. The topological polar surface area (TPSA) is 129 Å². The summed E-state index contributed by atoms with van der Waals surface area (Å²) >= 11 is 2.71. The van der Waals surface area contributed by atoms with Crippen LogP contribution >= 0.6 is 22.7 Å². The van der Waals surface area contributed by atoms with Gasteiger partial charge in [0.25, 0.3) is 17.7 Å². The zero-order valence-electron chi connectivity index (χ0n) is 31.5. The Labute approximate surface area is 341 Å². The number of benzene rings is 4. The van der Waals surface area contributed by atoms with Crippen molar-refractivity contribution in [2.45, 2.75) is 44.9 Å². The van der Waals surface area contributed by atoms with Crippen LogP contribution in [-0.2, 0) is 6.18 Å². The number of rotatable bonds is 7. The largest absolute Gasteiger partial charge is 0.417 e. The van der Waals surface area contributed by atoms with Gasteiger partial charge in [0.2, 0.25) is 0 Å². The number of aromatic nitrogens is 4. The van der Waals surface area contributed by atoms with E-state index in [1.807, 2.05) is 24.3 Å². The lowest BCUT2D eigenvalue weighted by Crippen LogP contribution is -2.33. The summed E-state index contributed by atoms with van der Waals surface area (Å²) in [6, 6.07) is 20.3. The molecule has 11 nitrogen and oxygen atoms in total. The lowest BCUT2D eigenvalue weighted by atomic mass is 10.0. The smallest absolute Gasteiger partial charge is 0.357 e. The molecule has 0 unspecified atom stereocenters. The van der Waals surface area contributed by atoms with Crippen molar-refractivity contribution in [1.29, 1.82) is 0 Å². The molecule has 0 bridgehead atoms. The summed E-state index contributed by atoms with van der Waals surface area (Å²) in [5.41, 5.74) is 1.14. The fourth-order valence-electron chi connectivity index (χ4n) is 7.11. The minimum atomic E-state index is -4.60. The van der Waals surface area contributed by atoms with E-state index in [-0.39, 0.29) is 41.4 Å². The molecule has 2 atom stereocenters. The Kier molecular flexibility index (Phi) is 11.0. The molecular formula is C41H35F5N8O3S2. The highest BCUT2D eigenvalue weighted by Crippen LogP contribution is 2.35. The predicted octanol–water partition coefficient (Wildman–Crippen LogP) is 9.21. The number of amides is 2. The molecule has 2 N–H and O–H groups in total. The van der Waals surface area contributed by atoms with Crippen molar-refractivity contribution in [3.8, 4) is 11.5 Å². The van der Waals surface area contributed by atoms with Crippen LogP contribution in [0.2, 0.25) is 0 Å². The second-order valence-electron chi connectivity index (χ2n) is 14.2. The van der Waals surface area contributed by atoms with Crippen molar-refractivity contribution >= 4 is 65.2 Å². The van der Waals surface area contributed by atoms with Crippen LogP contribution in [0.15, 0.2) is 83.4 Å². The number of nitrogens with zero attached hydrogens (tertiary/aromatic N) is 6. The summed E-state index contributed by atoms with van der Waals surface area (Å²) < 4.78 is 74.4. The Bertz CT molecular complexity index is 2680. The molecule has 0 saturated carbocycles. The molecule has 0 radical (unpaired) electrons. The minimum absolute atomic E-state index is 0.0513. The van der Waals surface area contributed by atoms with E-state index in [0.29, 0.717) is 74.9 Å². The Morgan fingerprint density at radius 2 is 1.29 bits per heavy atom. The molecule has 9 rings (SSSR count). The molecule has 7 aromatic rings. The first-order valence-corrected chi connectivity index (χ1v) is 20.2. The maximum absolute atomic E-state index is 13.9. The predicted molar refractivity (Wildman–Crippen MR) is 216 cm³/mol. The summed E-state index contributed by atoms with van der Waals surface area (Å²) in [6.07, 6.45) is -3.25. The molecule has 5 heterocycles. The maximum Gasteiger partial charge on any atom is 0.417 e. The standard InChI is InChI=1S/C21H18FN5O2S.C20H17F4N3OS/c1-12-23-19(29-26-12)14-5-2-3-6-15(14)20(28)27-10-9-13(11-27)24-21-25-18-16(22)7-4-8-17(18)30-21;1-11-5-6-14(20(22,23)24)13(9-11)18(28)27-8-7-12(10-27)25-19-26-17-15(21)3-2-4-16(17)29-19/h2-8,13H,9-11H2,1H3,(H,24,25);2-6,9,12H,7-8,10H2,1H3,(H,25,26)/t13-;12-/m11/s1. The van der Waals surface area contributed by atoms with Crippen molar-refractivity contribution in [2.75, 3.05) is 36.8 Å². The Morgan fingerprint density at radius 1 is 0.729 bits per heavy atom. The average Bonchev–Trinajstić information content (AvgIpc) is 4.06. The van der Waals surface area contributed by atoms with Gasteiger partial charge in [0.15, 0.2) is 16.1 Å². The zero-order chi connectivity index (χ0) is 41.4. The normalized spacial score (nSPS) is 16.7. The van der Waals surface area contributed by atoms with Gasteiger partial charge >= 0.3 is 6.18 Å². The van der Waals surface area contributed by atoms with Crippen LogP contribution in [0, 0.1) is 25.5 Å². The summed E-state index contributed by atoms with van der Waals surface area (Å²) in [7, 11) is 0. The minimum Gasteiger partial charge on any atom is -0.357 e. The highest BCUT2D eigenvalue weighted by atomic mass is 32.1. The molecule has 2 aliphatic rings. The van der Waals surface area contributed by atoms with E-state index >= 15 is 0 Å². The number of carbonyl (C=O) groups excluding carboxylic acids is 2. The zero-order valence-corrected chi connectivity index (χ0v) is 33.2. The number of aryl methyl sites for hydroxylation is 2. The summed E-state index contributed by atoms with van der Waals surface area (Å²) in [4.78, 5) is 42.0. The van der Waals surface area contributed by atoms with Crippen molar-refractivity contribution in [1.82, 2.24) is 29.9 Å². The Hall–Kier alpha value is -6.01. The van der Waals surface area contributed by atoms with Crippen LogP contribution in [-0.4, -0.2) is 80.0 Å². The van der Waals surface area contributed by atoms with Gasteiger partial charge < -0.3 is 25.0 Å². The summed E-state index contributed by atoms with van der Waals surface area (Å²) in [5, 5.41) is 11.5. The summed E-state index contributed by atoms with van der Waals surface area (Å²) in [6.45, 7) is 5.13. The molecule has 2 aliphatic heterocycles. The number of anilines is 2. The number of nitrogens with one attached hydrogen (secondary N) is 2. The molecule has 3 aromatic heterocycles. The number of para-hydroxylation sites is 2. The van der Waals surface area contributed by atoms with Crippen molar-refractivity contribution in [2.24, 2.45) is 0 Å². The van der Waals surface area contributed by atoms with Gasteiger partial charge in [-0.1, -0.05) is 63.7 Å². The monoisotopic (exact) mass is 846 g/mol. The van der Waals surface area contributed by atoms with E-state index in [4.69, 9.17) is 4.52 Å². The van der Waals surface area contributed by atoms with Gasteiger partial charge in [0, 0.05) is 38.3 Å². The lowest BCUT2D eigenvalue weighted by molar-refractivity contribution is -0.138. The fourth-order valence-corrected chi connectivity index (χ4v) is 9.03. The molecule has 2 amide bonds. The molecule has 0 aliphatic carbocycles. The van der Waals surface area contributed by atoms with Gasteiger partial charge in [-0.2, -0.15) is 18.2 Å². The molecule has 4 aromatic carbocycles. The second-order valence-corrected chi connectivity index (χ2v) is 16.3. The van der Waals surface area contributed by atoms with Crippen molar-refractivity contribution < 1.29 is 36.1 Å². The number of carbonyl (C=O) groups is 2. The fraction of sp³-hybridized carbons (Fsp3) is 0.268. The van der Waals surface area contributed by atoms with E-state index in [0.717, 1.165) is 17.2 Å². The van der Waals surface area contributed by atoms with E-state index in [2.05, 4.69) is 30.7 Å². The first kappa shape index (κ1) is 39.8. The van der Waals surface area contributed by atoms with E-state index in [1.165, 1.54) is 51.8 Å². The van der Waals surface area contributed by atoms with Gasteiger partial charge in [0.05, 0.1) is 31.7 Å². The van der Waals surface area contributed by atoms with Crippen LogP contribution < -0.4 is 10.6 Å². The first-order chi connectivity index (χ1) is 28.3. The highest BCUT2D eigenvalue weighted by Gasteiger charge is 2.38. The summed E-state index contributed by atoms with van der Waals surface area (Å²) in [5.74, 6) is -0.601. The Balaban J connectivity index is 0.000000164. The lowest BCUT2D eigenvalue weighted by Gasteiger charge is -2.20. The highest BCUT2D eigenvalue weighted by molar-refractivity contribution is 7.22. The molecule has 0 spiro atoms. The number of hydrogen-bond acceptors (Lipinski definition) is 11. The number of likely N-dealkylation sites (tertiary alicyclic amines) is 2. The second kappa shape index (κ2) is 16.3. The third kappa shape index (κ3) is 8.59. The third-order valence-corrected chi connectivity index (χ3v) is 11.9. The van der Waals surface area contributed by atoms with Crippen LogP contribution in [0.25, 0.3) is 31.9 Å². The van der Waals surface area contributed by atoms with Crippen LogP contribution in [0.5, 0.6) is 0 Å². The number of alkyl halides is 3. The van der Waals surface area contributed by atoms with E-state index in [9.17, 15) is 31.5 Å². The van der Waals surface area contributed by atoms with Gasteiger partial charge in [0.1, 0.15) is 22.7 Å². The maximum atomic E-state index is 13.9. The van der Waals surface area contributed by atoms with Gasteiger partial charge in [-0.05, 0) is 75.2 Å². The van der Waals surface area contributed by atoms with Crippen LogP contribution in [0.1, 0.15) is 50.5 Å². The molecule has 304 valence electrons. The van der Waals surface area contributed by atoms with Gasteiger partial charge in [-0.15, -0.1) is 0 Å². The number of fused-ring (bicyclic) bond motifs is 2. The number of thiazole rings is 2. The Morgan fingerprint density at radius 3 is 1.81 bits per heavy atom. The van der Waals surface area contributed by atoms with Gasteiger partial charge in [-0.3, -0.25) is 9.59 Å². The molecule has 2 saturated heterocycles. The molecule has 18 heteroatoms. The molecule has 59 heavy (non-hydrogen) atoms. The van der Waals surface area contributed by atoms with E-state index in [1.54, 1.807) is 43.0 Å². The first-order valence-electron chi connectivity index (χ1n) is 18.6. The van der Waals surface area contributed by atoms with Crippen LogP contribution in [0.4, 0.5) is 32.2 Å². The third-order valence-electron chi connectivity index (χ3n) is 9.97.